The van der Waals surface area contributed by atoms with Crippen molar-refractivity contribution in [2.45, 2.75) is 13.5 Å². The van der Waals surface area contributed by atoms with E-state index in [-0.39, 0.29) is 11.1 Å². The monoisotopic (exact) mass is 363 g/mol. The number of pyridine rings is 1. The molecule has 2 heterocycles. The Hall–Kier alpha value is -2.22. The van der Waals surface area contributed by atoms with Gasteiger partial charge in [-0.3, -0.25) is 9.59 Å². The molecule has 1 aromatic carbocycles. The number of aliphatic hydroxyl groups excluding tert-OH is 1. The lowest BCUT2D eigenvalue weighted by Gasteiger charge is -2.17. The third-order valence-corrected chi connectivity index (χ3v) is 4.90. The fourth-order valence-electron chi connectivity index (χ4n) is 2.50. The molecule has 0 saturated carbocycles. The van der Waals surface area contributed by atoms with E-state index in [9.17, 15) is 14.7 Å². The van der Waals surface area contributed by atoms with Crippen LogP contribution >= 0.6 is 23.1 Å². The maximum absolute atomic E-state index is 12.8. The topological polar surface area (TPSA) is 86.3 Å². The summed E-state index contributed by atoms with van der Waals surface area (Å²) in [6.45, 7) is 1.37. The number of carbonyl (C=O) groups excluding carboxylic acids is 1. The largest absolute Gasteiger partial charge is 0.392 e. The summed E-state index contributed by atoms with van der Waals surface area (Å²) in [6.07, 6.45) is 0. The minimum atomic E-state index is -0.549. The molecule has 6 nitrogen and oxygen atoms in total. The van der Waals surface area contributed by atoms with Crippen LogP contribution in [0.5, 0.6) is 0 Å². The molecule has 8 heteroatoms. The quantitative estimate of drug-likeness (QED) is 0.749. The lowest BCUT2D eigenvalue weighted by Crippen LogP contribution is -2.32. The molecule has 0 spiro atoms. The number of aryl methyl sites for hydroxylation is 1. The van der Waals surface area contributed by atoms with E-state index in [2.05, 4.69) is 9.36 Å². The number of benzene rings is 1. The number of aromatic nitrogens is 2. The van der Waals surface area contributed by atoms with Gasteiger partial charge in [-0.05, 0) is 42.7 Å². The standard InChI is InChI=1S/C16H14ClN3O3S/c1-8-5-13(24-19-8)20(2)16(23)14-11(7-21)10-6-9(17)3-4-12(10)18-15(14)22/h3-6,21H,7H2,1-2H3,(H,18,22). The Bertz CT molecular complexity index is 996. The molecule has 0 atom stereocenters. The molecule has 3 rings (SSSR count). The maximum atomic E-state index is 12.8. The minimum absolute atomic E-state index is 0.0965. The smallest absolute Gasteiger partial charge is 0.264 e. The molecule has 2 aromatic heterocycles. The summed E-state index contributed by atoms with van der Waals surface area (Å²) in [4.78, 5) is 29.3. The number of carbonyl (C=O) groups is 1. The van der Waals surface area contributed by atoms with Gasteiger partial charge < -0.3 is 15.0 Å². The number of fused-ring (bicyclic) bond motifs is 1. The van der Waals surface area contributed by atoms with Crippen LogP contribution in [0.4, 0.5) is 5.00 Å². The Morgan fingerprint density at radius 3 is 2.79 bits per heavy atom. The average molecular weight is 364 g/mol. The SMILES string of the molecule is Cc1cc(N(C)C(=O)c2c(CO)c3cc(Cl)ccc3[nH]c2=O)sn1. The van der Waals surface area contributed by atoms with Crippen LogP contribution in [-0.2, 0) is 6.61 Å². The van der Waals surface area contributed by atoms with E-state index >= 15 is 0 Å². The number of nitrogens with one attached hydrogen (secondary N) is 1. The highest BCUT2D eigenvalue weighted by atomic mass is 35.5. The molecule has 0 unspecified atom stereocenters. The first-order valence-electron chi connectivity index (χ1n) is 7.09. The number of hydrogen-bond acceptors (Lipinski definition) is 5. The highest BCUT2D eigenvalue weighted by molar-refractivity contribution is 7.10. The van der Waals surface area contributed by atoms with Crippen molar-refractivity contribution in [1.29, 1.82) is 0 Å². The number of halogens is 1. The van der Waals surface area contributed by atoms with Gasteiger partial charge in [0.25, 0.3) is 11.5 Å². The van der Waals surface area contributed by atoms with Crippen LogP contribution in [0.2, 0.25) is 5.02 Å². The molecule has 0 fully saturated rings. The molecule has 0 bridgehead atoms. The van der Waals surface area contributed by atoms with Crippen LogP contribution in [0.15, 0.2) is 29.1 Å². The summed E-state index contributed by atoms with van der Waals surface area (Å²) in [5, 5.41) is 11.4. The van der Waals surface area contributed by atoms with Crippen molar-refractivity contribution < 1.29 is 9.90 Å². The molecule has 124 valence electrons. The van der Waals surface area contributed by atoms with Gasteiger partial charge in [-0.1, -0.05) is 11.6 Å². The second-order valence-corrected chi connectivity index (χ2v) is 6.55. The summed E-state index contributed by atoms with van der Waals surface area (Å²) in [7, 11) is 1.57. The van der Waals surface area contributed by atoms with Crippen molar-refractivity contribution in [3.63, 3.8) is 0 Å². The van der Waals surface area contributed by atoms with E-state index < -0.39 is 18.1 Å². The van der Waals surface area contributed by atoms with Crippen molar-refractivity contribution >= 4 is 44.9 Å². The summed E-state index contributed by atoms with van der Waals surface area (Å²) >= 11 is 7.17. The summed E-state index contributed by atoms with van der Waals surface area (Å²) < 4.78 is 4.14. The van der Waals surface area contributed by atoms with Crippen LogP contribution in [0.25, 0.3) is 10.9 Å². The zero-order valence-corrected chi connectivity index (χ0v) is 14.5. The van der Waals surface area contributed by atoms with Crippen molar-refractivity contribution in [3.8, 4) is 0 Å². The molecule has 0 radical (unpaired) electrons. The minimum Gasteiger partial charge on any atom is -0.392 e. The fourth-order valence-corrected chi connectivity index (χ4v) is 3.39. The number of anilines is 1. The molecule has 0 aliphatic carbocycles. The van der Waals surface area contributed by atoms with Gasteiger partial charge in [0.1, 0.15) is 10.6 Å². The lowest BCUT2D eigenvalue weighted by atomic mass is 10.0. The molecule has 0 saturated heterocycles. The lowest BCUT2D eigenvalue weighted by molar-refractivity contribution is 0.0989. The predicted octanol–water partition coefficient (Wildman–Crippen LogP) is 2.72. The van der Waals surface area contributed by atoms with E-state index in [1.165, 1.54) is 16.4 Å². The van der Waals surface area contributed by atoms with Gasteiger partial charge in [0.2, 0.25) is 0 Å². The first-order valence-corrected chi connectivity index (χ1v) is 8.24. The van der Waals surface area contributed by atoms with Crippen molar-refractivity contribution in [3.05, 3.63) is 56.5 Å². The van der Waals surface area contributed by atoms with E-state index in [0.29, 0.717) is 20.9 Å². The van der Waals surface area contributed by atoms with Crippen LogP contribution < -0.4 is 10.5 Å². The predicted molar refractivity (Wildman–Crippen MR) is 95.1 cm³/mol. The van der Waals surface area contributed by atoms with Gasteiger partial charge in [-0.2, -0.15) is 4.37 Å². The number of hydrogen-bond donors (Lipinski definition) is 2. The molecule has 2 N–H and O–H groups in total. The zero-order valence-electron chi connectivity index (χ0n) is 13.0. The normalized spacial score (nSPS) is 11.0. The van der Waals surface area contributed by atoms with E-state index in [4.69, 9.17) is 11.6 Å². The molecule has 24 heavy (non-hydrogen) atoms. The number of aliphatic hydroxyl groups is 1. The number of rotatable bonds is 3. The van der Waals surface area contributed by atoms with Crippen molar-refractivity contribution in [1.82, 2.24) is 9.36 Å². The van der Waals surface area contributed by atoms with Gasteiger partial charge in [0.05, 0.1) is 12.3 Å². The molecule has 1 amide bonds. The molecular formula is C16H14ClN3O3S. The van der Waals surface area contributed by atoms with Crippen molar-refractivity contribution in [2.24, 2.45) is 0 Å². The molecule has 3 aromatic rings. The third kappa shape index (κ3) is 2.82. The Kier molecular flexibility index (Phi) is 4.40. The van der Waals surface area contributed by atoms with Gasteiger partial charge in [-0.15, -0.1) is 0 Å². The van der Waals surface area contributed by atoms with Gasteiger partial charge in [-0.25, -0.2) is 0 Å². The van der Waals surface area contributed by atoms with Gasteiger partial charge in [0.15, 0.2) is 0 Å². The molecule has 0 aliphatic heterocycles. The first kappa shape index (κ1) is 16.6. The van der Waals surface area contributed by atoms with Crippen LogP contribution in [-0.4, -0.2) is 27.4 Å². The second-order valence-electron chi connectivity index (χ2n) is 5.33. The van der Waals surface area contributed by atoms with E-state index in [1.807, 2.05) is 6.92 Å². The third-order valence-electron chi connectivity index (χ3n) is 3.71. The first-order chi connectivity index (χ1) is 11.4. The Morgan fingerprint density at radius 2 is 2.17 bits per heavy atom. The average Bonchev–Trinajstić information content (AvgIpc) is 2.99. The van der Waals surface area contributed by atoms with E-state index in [1.54, 1.807) is 31.3 Å². The Labute approximate surface area is 146 Å². The van der Waals surface area contributed by atoms with E-state index in [0.717, 1.165) is 5.69 Å². The summed E-state index contributed by atoms with van der Waals surface area (Å²) in [5.74, 6) is -0.508. The molecule has 0 aliphatic rings. The number of aromatic amines is 1. The zero-order chi connectivity index (χ0) is 17.4. The van der Waals surface area contributed by atoms with Crippen LogP contribution in [0.1, 0.15) is 21.6 Å². The number of nitrogens with zero attached hydrogens (tertiary/aromatic N) is 2. The van der Waals surface area contributed by atoms with Gasteiger partial charge in [0, 0.05) is 28.5 Å². The maximum Gasteiger partial charge on any atom is 0.264 e. The van der Waals surface area contributed by atoms with Crippen molar-refractivity contribution in [2.75, 3.05) is 11.9 Å². The fraction of sp³-hybridized carbons (Fsp3) is 0.188. The number of amides is 1. The highest BCUT2D eigenvalue weighted by Gasteiger charge is 2.24. The number of H-pyrrole nitrogens is 1. The van der Waals surface area contributed by atoms with Crippen LogP contribution in [0.3, 0.4) is 0 Å². The summed E-state index contributed by atoms with van der Waals surface area (Å²) in [6, 6.07) is 6.65. The highest BCUT2D eigenvalue weighted by Crippen LogP contribution is 2.26. The Balaban J connectivity index is 2.19. The second kappa shape index (κ2) is 6.35. The molecular weight excluding hydrogens is 350 g/mol. The van der Waals surface area contributed by atoms with Gasteiger partial charge >= 0.3 is 0 Å². The van der Waals surface area contributed by atoms with Crippen LogP contribution in [0, 0.1) is 6.92 Å². The Morgan fingerprint density at radius 1 is 1.42 bits per heavy atom. The summed E-state index contributed by atoms with van der Waals surface area (Å²) in [5.41, 5.74) is 0.916.